The molecule has 0 radical (unpaired) electrons. The number of nitrogens with zero attached hydrogens (tertiary/aromatic N) is 1. The highest BCUT2D eigenvalue weighted by molar-refractivity contribution is 7.92. The van der Waals surface area contributed by atoms with Crippen molar-refractivity contribution < 1.29 is 13.2 Å². The van der Waals surface area contributed by atoms with Crippen LogP contribution < -0.4 is 0 Å². The van der Waals surface area contributed by atoms with E-state index in [1.807, 2.05) is 24.3 Å². The molecule has 126 valence electrons. The van der Waals surface area contributed by atoms with Crippen molar-refractivity contribution in [2.75, 3.05) is 13.1 Å². The number of sulfone groups is 1. The van der Waals surface area contributed by atoms with Gasteiger partial charge in [-0.3, -0.25) is 4.79 Å². The summed E-state index contributed by atoms with van der Waals surface area (Å²) in [6.45, 7) is 2.80. The second-order valence-electron chi connectivity index (χ2n) is 6.07. The molecule has 0 aromatic heterocycles. The molecule has 1 atom stereocenters. The summed E-state index contributed by atoms with van der Waals surface area (Å²) in [4.78, 5) is 14.6. The molecule has 1 amide bonds. The SMILES string of the molecule is CCc1ccc(C(=O)N2CCC(S(=O)(=O)c3ccccc3)C2)cc1. The van der Waals surface area contributed by atoms with E-state index in [0.717, 1.165) is 6.42 Å². The highest BCUT2D eigenvalue weighted by Gasteiger charge is 2.36. The van der Waals surface area contributed by atoms with Gasteiger partial charge < -0.3 is 4.90 Å². The molecule has 2 aromatic rings. The van der Waals surface area contributed by atoms with E-state index in [1.54, 1.807) is 35.2 Å². The van der Waals surface area contributed by atoms with Gasteiger partial charge in [0.1, 0.15) is 0 Å². The predicted octanol–water partition coefficient (Wildman–Crippen LogP) is 2.94. The summed E-state index contributed by atoms with van der Waals surface area (Å²) < 4.78 is 25.4. The minimum absolute atomic E-state index is 0.0941. The first-order valence-electron chi connectivity index (χ1n) is 8.19. The van der Waals surface area contributed by atoms with Crippen LogP contribution in [0, 0.1) is 0 Å². The normalized spacial score (nSPS) is 17.9. The van der Waals surface area contributed by atoms with Gasteiger partial charge in [-0.25, -0.2) is 8.42 Å². The molecule has 3 rings (SSSR count). The first-order valence-corrected chi connectivity index (χ1v) is 9.74. The number of rotatable bonds is 4. The van der Waals surface area contributed by atoms with E-state index < -0.39 is 15.1 Å². The van der Waals surface area contributed by atoms with Gasteiger partial charge in [0.15, 0.2) is 9.84 Å². The molecule has 0 spiro atoms. The lowest BCUT2D eigenvalue weighted by Gasteiger charge is -2.17. The Hall–Kier alpha value is -2.14. The number of aryl methyl sites for hydroxylation is 1. The Labute approximate surface area is 143 Å². The quantitative estimate of drug-likeness (QED) is 0.858. The summed E-state index contributed by atoms with van der Waals surface area (Å²) in [7, 11) is -3.39. The number of hydrogen-bond acceptors (Lipinski definition) is 3. The van der Waals surface area contributed by atoms with Crippen LogP contribution in [0.3, 0.4) is 0 Å². The van der Waals surface area contributed by atoms with Crippen LogP contribution in [0.4, 0.5) is 0 Å². The Bertz CT molecular complexity index is 813. The van der Waals surface area contributed by atoms with Crippen LogP contribution in [0.1, 0.15) is 29.3 Å². The molecule has 1 saturated heterocycles. The van der Waals surface area contributed by atoms with Gasteiger partial charge in [-0.2, -0.15) is 0 Å². The summed E-state index contributed by atoms with van der Waals surface area (Å²) in [5, 5.41) is -0.529. The lowest BCUT2D eigenvalue weighted by Crippen LogP contribution is -2.31. The minimum atomic E-state index is -3.39. The van der Waals surface area contributed by atoms with Gasteiger partial charge in [0.25, 0.3) is 5.91 Å². The molecule has 1 aliphatic heterocycles. The van der Waals surface area contributed by atoms with E-state index in [1.165, 1.54) is 5.56 Å². The molecule has 0 N–H and O–H groups in total. The van der Waals surface area contributed by atoms with Crippen LogP contribution in [-0.4, -0.2) is 37.6 Å². The summed E-state index contributed by atoms with van der Waals surface area (Å²) in [6.07, 6.45) is 1.41. The van der Waals surface area contributed by atoms with Gasteiger partial charge in [-0.15, -0.1) is 0 Å². The largest absolute Gasteiger partial charge is 0.337 e. The number of likely N-dealkylation sites (tertiary alicyclic amines) is 1. The van der Waals surface area contributed by atoms with Crippen molar-refractivity contribution in [3.63, 3.8) is 0 Å². The fraction of sp³-hybridized carbons (Fsp3) is 0.316. The van der Waals surface area contributed by atoms with E-state index >= 15 is 0 Å². The van der Waals surface area contributed by atoms with Crippen LogP contribution in [0.25, 0.3) is 0 Å². The highest BCUT2D eigenvalue weighted by Crippen LogP contribution is 2.25. The van der Waals surface area contributed by atoms with Gasteiger partial charge in [0.2, 0.25) is 0 Å². The maximum Gasteiger partial charge on any atom is 0.253 e. The average Bonchev–Trinajstić information content (AvgIpc) is 3.13. The summed E-state index contributed by atoms with van der Waals surface area (Å²) in [6, 6.07) is 16.0. The van der Waals surface area contributed by atoms with Crippen molar-refractivity contribution in [1.29, 1.82) is 0 Å². The van der Waals surface area contributed by atoms with Crippen molar-refractivity contribution >= 4 is 15.7 Å². The van der Waals surface area contributed by atoms with Crippen LogP contribution in [0.15, 0.2) is 59.5 Å². The summed E-state index contributed by atoms with van der Waals surface area (Å²) >= 11 is 0. The zero-order valence-electron chi connectivity index (χ0n) is 13.7. The zero-order chi connectivity index (χ0) is 17.2. The molecule has 1 aliphatic rings. The van der Waals surface area contributed by atoms with Gasteiger partial charge >= 0.3 is 0 Å². The Kier molecular flexibility index (Phi) is 4.71. The van der Waals surface area contributed by atoms with Crippen LogP contribution in [0.5, 0.6) is 0 Å². The van der Waals surface area contributed by atoms with Crippen molar-refractivity contribution in [2.45, 2.75) is 29.9 Å². The highest BCUT2D eigenvalue weighted by atomic mass is 32.2. The third-order valence-corrected chi connectivity index (χ3v) is 6.74. The molecular formula is C19H21NO3S. The van der Waals surface area contributed by atoms with Gasteiger partial charge in [0, 0.05) is 18.7 Å². The molecule has 0 bridgehead atoms. The topological polar surface area (TPSA) is 54.5 Å². The van der Waals surface area contributed by atoms with Crippen molar-refractivity contribution in [3.05, 3.63) is 65.7 Å². The van der Waals surface area contributed by atoms with Crippen LogP contribution in [0.2, 0.25) is 0 Å². The molecule has 24 heavy (non-hydrogen) atoms. The lowest BCUT2D eigenvalue weighted by atomic mass is 10.1. The van der Waals surface area contributed by atoms with Crippen molar-refractivity contribution in [3.8, 4) is 0 Å². The van der Waals surface area contributed by atoms with Crippen molar-refractivity contribution in [2.24, 2.45) is 0 Å². The molecule has 2 aromatic carbocycles. The van der Waals surface area contributed by atoms with E-state index in [2.05, 4.69) is 6.92 Å². The number of amides is 1. The summed E-state index contributed by atoms with van der Waals surface area (Å²) in [5.41, 5.74) is 1.79. The Balaban J connectivity index is 1.74. The van der Waals surface area contributed by atoms with E-state index in [9.17, 15) is 13.2 Å². The Morgan fingerprint density at radius 1 is 1.08 bits per heavy atom. The van der Waals surface area contributed by atoms with Gasteiger partial charge in [-0.05, 0) is 42.7 Å². The van der Waals surface area contributed by atoms with E-state index in [0.29, 0.717) is 23.4 Å². The molecule has 1 fully saturated rings. The first-order chi connectivity index (χ1) is 11.5. The van der Waals surface area contributed by atoms with Gasteiger partial charge in [0.05, 0.1) is 10.1 Å². The third kappa shape index (κ3) is 3.22. The zero-order valence-corrected chi connectivity index (χ0v) is 14.5. The monoisotopic (exact) mass is 343 g/mol. The van der Waals surface area contributed by atoms with E-state index in [-0.39, 0.29) is 12.5 Å². The minimum Gasteiger partial charge on any atom is -0.337 e. The van der Waals surface area contributed by atoms with Crippen LogP contribution in [-0.2, 0) is 16.3 Å². The smallest absolute Gasteiger partial charge is 0.253 e. The first kappa shape index (κ1) is 16.7. The third-order valence-electron chi connectivity index (χ3n) is 4.55. The fourth-order valence-corrected chi connectivity index (χ4v) is 4.75. The molecule has 4 nitrogen and oxygen atoms in total. The Morgan fingerprint density at radius 3 is 2.38 bits per heavy atom. The fourth-order valence-electron chi connectivity index (χ4n) is 3.03. The van der Waals surface area contributed by atoms with Gasteiger partial charge in [-0.1, -0.05) is 37.3 Å². The summed E-state index contributed by atoms with van der Waals surface area (Å²) in [5.74, 6) is -0.0941. The van der Waals surface area contributed by atoms with Crippen LogP contribution >= 0.6 is 0 Å². The molecule has 5 heteroatoms. The predicted molar refractivity (Wildman–Crippen MR) is 93.8 cm³/mol. The van der Waals surface area contributed by atoms with E-state index in [4.69, 9.17) is 0 Å². The lowest BCUT2D eigenvalue weighted by molar-refractivity contribution is 0.0793. The number of benzene rings is 2. The molecule has 0 aliphatic carbocycles. The average molecular weight is 343 g/mol. The Morgan fingerprint density at radius 2 is 1.75 bits per heavy atom. The molecule has 1 unspecified atom stereocenters. The maximum atomic E-state index is 12.7. The number of carbonyl (C=O) groups is 1. The van der Waals surface area contributed by atoms with Crippen molar-refractivity contribution in [1.82, 2.24) is 4.90 Å². The number of hydrogen-bond donors (Lipinski definition) is 0. The second kappa shape index (κ2) is 6.77. The molecule has 0 saturated carbocycles. The standard InChI is InChI=1S/C19H21NO3S/c1-2-15-8-10-16(11-9-15)19(21)20-13-12-18(14-20)24(22,23)17-6-4-3-5-7-17/h3-11,18H,2,12-14H2,1H3. The molecular weight excluding hydrogens is 322 g/mol. The number of carbonyl (C=O) groups excluding carboxylic acids is 1. The second-order valence-corrected chi connectivity index (χ2v) is 8.30. The maximum absolute atomic E-state index is 12.7. The molecule has 1 heterocycles.